The molecule has 1 fully saturated rings. The van der Waals surface area contributed by atoms with Gasteiger partial charge in [-0.15, -0.1) is 0 Å². The van der Waals surface area contributed by atoms with Gasteiger partial charge in [0.15, 0.2) is 0 Å². The normalized spacial score (nSPS) is 19.6. The molecule has 4 nitrogen and oxygen atoms in total. The van der Waals surface area contributed by atoms with Crippen molar-refractivity contribution in [3.63, 3.8) is 0 Å². The van der Waals surface area contributed by atoms with E-state index in [1.54, 1.807) is 14.2 Å². The number of likely N-dealkylation sites (N-methyl/N-ethyl adjacent to an activating group) is 1. The Labute approximate surface area is 125 Å². The Bertz CT molecular complexity index is 479. The van der Waals surface area contributed by atoms with Crippen LogP contribution in [-0.2, 0) is 11.3 Å². The molecule has 0 bridgehead atoms. The van der Waals surface area contributed by atoms with Crippen molar-refractivity contribution in [1.82, 2.24) is 10.2 Å². The van der Waals surface area contributed by atoms with Gasteiger partial charge in [-0.2, -0.15) is 0 Å². The van der Waals surface area contributed by atoms with Crippen molar-refractivity contribution in [3.8, 4) is 5.75 Å². The Balaban J connectivity index is 2.10. The minimum absolute atomic E-state index is 0.0328. The topological polar surface area (TPSA) is 41.6 Å². The highest BCUT2D eigenvalue weighted by molar-refractivity contribution is 6.32. The molecule has 20 heavy (non-hydrogen) atoms. The van der Waals surface area contributed by atoms with Crippen LogP contribution in [0.15, 0.2) is 18.2 Å². The van der Waals surface area contributed by atoms with Gasteiger partial charge in [0.1, 0.15) is 5.75 Å². The summed E-state index contributed by atoms with van der Waals surface area (Å²) in [5, 5.41) is 3.36. The Hall–Kier alpha value is -1.26. The number of carbonyl (C=O) groups excluding carboxylic acids is 1. The van der Waals surface area contributed by atoms with Crippen LogP contribution >= 0.6 is 11.6 Å². The summed E-state index contributed by atoms with van der Waals surface area (Å²) in [7, 11) is 3.30. The van der Waals surface area contributed by atoms with Gasteiger partial charge in [-0.25, -0.2) is 0 Å². The van der Waals surface area contributed by atoms with Crippen LogP contribution < -0.4 is 10.1 Å². The highest BCUT2D eigenvalue weighted by atomic mass is 35.5. The summed E-state index contributed by atoms with van der Waals surface area (Å²) in [5.41, 5.74) is 1.10. The highest BCUT2D eigenvalue weighted by Crippen LogP contribution is 2.27. The molecule has 0 aromatic heterocycles. The van der Waals surface area contributed by atoms with E-state index in [-0.39, 0.29) is 11.9 Å². The van der Waals surface area contributed by atoms with Crippen LogP contribution in [0.25, 0.3) is 0 Å². The van der Waals surface area contributed by atoms with Gasteiger partial charge < -0.3 is 10.1 Å². The molecule has 5 heteroatoms. The molecule has 1 amide bonds. The maximum Gasteiger partial charge on any atom is 0.237 e. The second-order valence-corrected chi connectivity index (χ2v) is 5.47. The maximum atomic E-state index is 11.9. The summed E-state index contributed by atoms with van der Waals surface area (Å²) in [6.45, 7) is 1.68. The first-order valence-electron chi connectivity index (χ1n) is 6.93. The standard InChI is InChI=1S/C15H21ClN2O2/c1-17-15(19)13-5-3-4-8-18(13)10-11-6-7-14(20-2)12(16)9-11/h6-7,9,13H,3-5,8,10H2,1-2H3,(H,17,19)/t13-/m0/s1. The molecule has 1 saturated heterocycles. The third-order valence-corrected chi connectivity index (χ3v) is 4.06. The van der Waals surface area contributed by atoms with Crippen LogP contribution in [0.5, 0.6) is 5.75 Å². The highest BCUT2D eigenvalue weighted by Gasteiger charge is 2.27. The number of likely N-dealkylation sites (tertiary alicyclic amines) is 1. The minimum atomic E-state index is -0.0328. The van der Waals surface area contributed by atoms with Crippen LogP contribution in [0.4, 0.5) is 0 Å². The zero-order valence-corrected chi connectivity index (χ0v) is 12.7. The first-order chi connectivity index (χ1) is 9.65. The molecule has 0 aliphatic carbocycles. The third kappa shape index (κ3) is 3.44. The molecular weight excluding hydrogens is 276 g/mol. The molecule has 0 unspecified atom stereocenters. The van der Waals surface area contributed by atoms with Crippen molar-refractivity contribution in [2.45, 2.75) is 31.8 Å². The van der Waals surface area contributed by atoms with Gasteiger partial charge in [-0.1, -0.05) is 24.1 Å². The number of ether oxygens (including phenoxy) is 1. The van der Waals surface area contributed by atoms with E-state index in [1.165, 1.54) is 0 Å². The number of hydrogen-bond donors (Lipinski definition) is 1. The fourth-order valence-corrected chi connectivity index (χ4v) is 2.97. The van der Waals surface area contributed by atoms with Gasteiger partial charge in [0.05, 0.1) is 18.2 Å². The Morgan fingerprint density at radius 2 is 2.30 bits per heavy atom. The maximum absolute atomic E-state index is 11.9. The second kappa shape index (κ2) is 6.95. The van der Waals surface area contributed by atoms with E-state index in [2.05, 4.69) is 10.2 Å². The van der Waals surface area contributed by atoms with E-state index in [4.69, 9.17) is 16.3 Å². The SMILES string of the molecule is CNC(=O)[C@@H]1CCCCN1Cc1ccc(OC)c(Cl)c1. The molecule has 0 spiro atoms. The molecular formula is C15H21ClN2O2. The van der Waals surface area contributed by atoms with E-state index in [9.17, 15) is 4.79 Å². The average Bonchev–Trinajstić information content (AvgIpc) is 2.47. The van der Waals surface area contributed by atoms with Crippen LogP contribution in [-0.4, -0.2) is 37.6 Å². The zero-order chi connectivity index (χ0) is 14.5. The van der Waals surface area contributed by atoms with E-state index in [0.717, 1.165) is 37.9 Å². The first-order valence-corrected chi connectivity index (χ1v) is 7.31. The predicted octanol–water partition coefficient (Wildman–Crippen LogP) is 2.45. The monoisotopic (exact) mass is 296 g/mol. The van der Waals surface area contributed by atoms with Gasteiger partial charge in [-0.05, 0) is 37.1 Å². The predicted molar refractivity (Wildman–Crippen MR) is 80.1 cm³/mol. The molecule has 1 heterocycles. The lowest BCUT2D eigenvalue weighted by molar-refractivity contribution is -0.127. The molecule has 1 aliphatic rings. The number of benzene rings is 1. The lowest BCUT2D eigenvalue weighted by atomic mass is 10.0. The number of methoxy groups -OCH3 is 1. The van der Waals surface area contributed by atoms with Gasteiger partial charge in [0.2, 0.25) is 5.91 Å². The molecule has 1 N–H and O–H groups in total. The fourth-order valence-electron chi connectivity index (χ4n) is 2.69. The molecule has 0 saturated carbocycles. The van der Waals surface area contributed by atoms with Gasteiger partial charge in [-0.3, -0.25) is 9.69 Å². The fraction of sp³-hybridized carbons (Fsp3) is 0.533. The number of rotatable bonds is 4. The Morgan fingerprint density at radius 1 is 1.50 bits per heavy atom. The molecule has 110 valence electrons. The number of hydrogen-bond acceptors (Lipinski definition) is 3. The van der Waals surface area contributed by atoms with Crippen LogP contribution in [0, 0.1) is 0 Å². The molecule has 0 radical (unpaired) electrons. The zero-order valence-electron chi connectivity index (χ0n) is 12.0. The van der Waals surface area contributed by atoms with Crippen molar-refractivity contribution in [2.24, 2.45) is 0 Å². The molecule has 1 aromatic carbocycles. The molecule has 1 atom stereocenters. The number of nitrogens with zero attached hydrogens (tertiary/aromatic N) is 1. The van der Waals surface area contributed by atoms with Gasteiger partial charge in [0, 0.05) is 13.6 Å². The van der Waals surface area contributed by atoms with Gasteiger partial charge in [0.25, 0.3) is 0 Å². The van der Waals surface area contributed by atoms with Crippen LogP contribution in [0.2, 0.25) is 5.02 Å². The van der Waals surface area contributed by atoms with Crippen LogP contribution in [0.3, 0.4) is 0 Å². The van der Waals surface area contributed by atoms with E-state index in [1.807, 2.05) is 18.2 Å². The van der Waals surface area contributed by atoms with Crippen molar-refractivity contribution in [2.75, 3.05) is 20.7 Å². The number of piperidine rings is 1. The summed E-state index contributed by atoms with van der Waals surface area (Å²) in [6.07, 6.45) is 3.17. The summed E-state index contributed by atoms with van der Waals surface area (Å²) in [4.78, 5) is 14.2. The number of nitrogens with one attached hydrogen (secondary N) is 1. The minimum Gasteiger partial charge on any atom is -0.495 e. The average molecular weight is 297 g/mol. The van der Waals surface area contributed by atoms with Crippen molar-refractivity contribution in [3.05, 3.63) is 28.8 Å². The summed E-state index contributed by atoms with van der Waals surface area (Å²) < 4.78 is 5.16. The van der Waals surface area contributed by atoms with E-state index < -0.39 is 0 Å². The number of halogens is 1. The summed E-state index contributed by atoms with van der Waals surface area (Å²) >= 11 is 6.15. The molecule has 1 aliphatic heterocycles. The lowest BCUT2D eigenvalue weighted by Crippen LogP contribution is -2.48. The van der Waals surface area contributed by atoms with Crippen molar-refractivity contribution >= 4 is 17.5 Å². The van der Waals surface area contributed by atoms with Crippen molar-refractivity contribution in [1.29, 1.82) is 0 Å². The number of carbonyl (C=O) groups is 1. The van der Waals surface area contributed by atoms with E-state index >= 15 is 0 Å². The first kappa shape index (κ1) is 15.1. The summed E-state index contributed by atoms with van der Waals surface area (Å²) in [5.74, 6) is 0.779. The smallest absolute Gasteiger partial charge is 0.237 e. The molecule has 1 aromatic rings. The van der Waals surface area contributed by atoms with Gasteiger partial charge >= 0.3 is 0 Å². The van der Waals surface area contributed by atoms with Crippen molar-refractivity contribution < 1.29 is 9.53 Å². The Morgan fingerprint density at radius 3 is 2.95 bits per heavy atom. The van der Waals surface area contributed by atoms with Crippen LogP contribution in [0.1, 0.15) is 24.8 Å². The lowest BCUT2D eigenvalue weighted by Gasteiger charge is -2.34. The largest absolute Gasteiger partial charge is 0.495 e. The molecule has 2 rings (SSSR count). The number of amides is 1. The Kier molecular flexibility index (Phi) is 5.26. The third-order valence-electron chi connectivity index (χ3n) is 3.76. The summed E-state index contributed by atoms with van der Waals surface area (Å²) in [6, 6.07) is 5.75. The quantitative estimate of drug-likeness (QED) is 0.928. The van der Waals surface area contributed by atoms with E-state index in [0.29, 0.717) is 10.8 Å². The second-order valence-electron chi connectivity index (χ2n) is 5.07.